The van der Waals surface area contributed by atoms with Gasteiger partial charge < -0.3 is 10.2 Å². The first kappa shape index (κ1) is 15.7. The predicted octanol–water partition coefficient (Wildman–Crippen LogP) is -7.55. The summed E-state index contributed by atoms with van der Waals surface area (Å²) in [5, 5.41) is 18.7. The second kappa shape index (κ2) is 10.2. The minimum Gasteiger partial charge on any atom is -0.865 e. The Kier molecular flexibility index (Phi) is 22.8. The molecule has 2 nitrogen and oxygen atoms in total. The minimum absolute atomic E-state index is 0. The Labute approximate surface area is 67.7 Å². The Morgan fingerprint density at radius 2 is 1.43 bits per heavy atom. The van der Waals surface area contributed by atoms with E-state index < -0.39 is 6.29 Å². The summed E-state index contributed by atoms with van der Waals surface area (Å²) in [6.45, 7) is 1.57. The van der Waals surface area contributed by atoms with E-state index in [-0.39, 0.29) is 44.1 Å². The van der Waals surface area contributed by atoms with Crippen LogP contribution in [-0.4, -0.2) is 6.29 Å². The van der Waals surface area contributed by atoms with Crippen molar-refractivity contribution < 1.29 is 47.9 Å². The maximum absolute atomic E-state index is 9.34. The molecule has 0 saturated carbocycles. The zero-order valence-electron chi connectivity index (χ0n) is 5.10. The summed E-state index contributed by atoms with van der Waals surface area (Å²) < 4.78 is 0. The largest absolute Gasteiger partial charge is 1.00 e. The molecule has 0 aromatic carbocycles. The van der Waals surface area contributed by atoms with Crippen molar-refractivity contribution >= 4 is 0 Å². The van der Waals surface area contributed by atoms with Gasteiger partial charge in [-0.3, -0.25) is 0 Å². The van der Waals surface area contributed by atoms with Gasteiger partial charge in [0.05, 0.1) is 0 Å². The third-order valence-corrected chi connectivity index (χ3v) is 0.333. The van der Waals surface area contributed by atoms with Gasteiger partial charge in [-0.1, -0.05) is 13.3 Å². The molecule has 0 N–H and O–H groups in total. The second-order valence-electron chi connectivity index (χ2n) is 0.838. The van der Waals surface area contributed by atoms with Gasteiger partial charge in [-0.05, 0) is 0 Å². The molecule has 0 heterocycles. The average Bonchev–Trinajstić information content (AvgIpc) is 1.38. The molecule has 0 aromatic heterocycles. The van der Waals surface area contributed by atoms with E-state index >= 15 is 0 Å². The topological polar surface area (TPSA) is 46.1 Å². The Hall–Kier alpha value is 1.11. The van der Waals surface area contributed by atoms with E-state index in [4.69, 9.17) is 0 Å². The molecule has 0 radical (unpaired) electrons. The van der Waals surface area contributed by atoms with Crippen molar-refractivity contribution in [1.29, 1.82) is 0 Å². The Morgan fingerprint density at radius 3 is 1.43 bits per heavy atom. The molecular weight excluding hydrogens is 81.9 g/mol. The molecule has 0 rings (SSSR count). The van der Waals surface area contributed by atoms with Crippen molar-refractivity contribution in [1.82, 2.24) is 0 Å². The normalized spacial score (nSPS) is 6.86. The van der Waals surface area contributed by atoms with Gasteiger partial charge in [0.2, 0.25) is 0 Å². The molecule has 0 unspecified atom stereocenters. The van der Waals surface area contributed by atoms with Crippen LogP contribution in [0.4, 0.5) is 0 Å². The molecule has 0 aliphatic heterocycles. The first-order valence-corrected chi connectivity index (χ1v) is 1.59. The smallest absolute Gasteiger partial charge is 0.865 e. The van der Waals surface area contributed by atoms with Crippen molar-refractivity contribution in [2.75, 3.05) is 0 Å². The Morgan fingerprint density at radius 1 is 1.29 bits per heavy atom. The van der Waals surface area contributed by atoms with Crippen molar-refractivity contribution in [3.05, 3.63) is 0 Å². The van der Waals surface area contributed by atoms with Crippen molar-refractivity contribution in [3.63, 3.8) is 0 Å². The molecule has 0 fully saturated rings. The molecule has 4 heteroatoms. The summed E-state index contributed by atoms with van der Waals surface area (Å²) in [6, 6.07) is 0. The van der Waals surface area contributed by atoms with Gasteiger partial charge >= 0.3 is 37.7 Å². The summed E-state index contributed by atoms with van der Waals surface area (Å²) in [5.74, 6) is 0. The van der Waals surface area contributed by atoms with Crippen molar-refractivity contribution in [2.24, 2.45) is 0 Å². The zero-order chi connectivity index (χ0) is 4.28. The van der Waals surface area contributed by atoms with E-state index in [1.807, 2.05) is 0 Å². The number of hydrogen-bond acceptors (Lipinski definition) is 2. The standard InChI is InChI=1S/C3H6O2.2Li/c1-2-3(4)5;;/h3H,2H2,1H3;;/q-2;2*+1. The zero-order valence-corrected chi connectivity index (χ0v) is 5.10. The average molecular weight is 88.0 g/mol. The molecule has 32 valence electrons. The van der Waals surface area contributed by atoms with E-state index in [1.54, 1.807) is 6.92 Å². The van der Waals surface area contributed by atoms with E-state index in [0.29, 0.717) is 0 Å². The summed E-state index contributed by atoms with van der Waals surface area (Å²) in [5.41, 5.74) is 0. The summed E-state index contributed by atoms with van der Waals surface area (Å²) in [7, 11) is 0. The van der Waals surface area contributed by atoms with E-state index in [1.165, 1.54) is 0 Å². The molecule has 0 spiro atoms. The molecule has 0 aromatic rings. The molecule has 0 aliphatic rings. The minimum atomic E-state index is -1.62. The van der Waals surface area contributed by atoms with Gasteiger partial charge in [-0.2, -0.15) is 0 Å². The summed E-state index contributed by atoms with van der Waals surface area (Å²) >= 11 is 0. The van der Waals surface area contributed by atoms with Crippen LogP contribution < -0.4 is 47.9 Å². The molecule has 0 atom stereocenters. The fourth-order valence-electron chi connectivity index (χ4n) is 0. The maximum atomic E-state index is 9.34. The van der Waals surface area contributed by atoms with Crippen molar-refractivity contribution in [3.8, 4) is 0 Å². The summed E-state index contributed by atoms with van der Waals surface area (Å²) in [6.07, 6.45) is -1.42. The van der Waals surface area contributed by atoms with Crippen LogP contribution in [-0.2, 0) is 0 Å². The first-order valence-electron chi connectivity index (χ1n) is 1.59. The molecule has 0 bridgehead atoms. The number of rotatable bonds is 1. The van der Waals surface area contributed by atoms with E-state index in [0.717, 1.165) is 0 Å². The van der Waals surface area contributed by atoms with Crippen LogP contribution in [0.25, 0.3) is 0 Å². The van der Waals surface area contributed by atoms with Crippen LogP contribution in [0.1, 0.15) is 13.3 Å². The quantitative estimate of drug-likeness (QED) is 0.236. The van der Waals surface area contributed by atoms with Crippen LogP contribution >= 0.6 is 0 Å². The van der Waals surface area contributed by atoms with Gasteiger partial charge in [0.1, 0.15) is 0 Å². The van der Waals surface area contributed by atoms with Gasteiger partial charge in [0, 0.05) is 0 Å². The maximum Gasteiger partial charge on any atom is 1.00 e. The molecule has 0 amide bonds. The fraction of sp³-hybridized carbons (Fsp3) is 1.00. The van der Waals surface area contributed by atoms with Crippen LogP contribution in [0.3, 0.4) is 0 Å². The fourth-order valence-corrected chi connectivity index (χ4v) is 0. The monoisotopic (exact) mass is 88.1 g/mol. The third kappa shape index (κ3) is 19.2. The third-order valence-electron chi connectivity index (χ3n) is 0.333. The van der Waals surface area contributed by atoms with Crippen molar-refractivity contribution in [2.45, 2.75) is 19.6 Å². The van der Waals surface area contributed by atoms with Gasteiger partial charge in [0.25, 0.3) is 0 Å². The van der Waals surface area contributed by atoms with Crippen LogP contribution in [0, 0.1) is 0 Å². The first-order chi connectivity index (χ1) is 2.27. The van der Waals surface area contributed by atoms with E-state index in [9.17, 15) is 10.2 Å². The van der Waals surface area contributed by atoms with Crippen LogP contribution in [0.5, 0.6) is 0 Å². The van der Waals surface area contributed by atoms with Gasteiger partial charge in [-0.25, -0.2) is 6.29 Å². The predicted molar refractivity (Wildman–Crippen MR) is 14.1 cm³/mol. The SMILES string of the molecule is CCC([O-])[O-].[Li+].[Li+]. The van der Waals surface area contributed by atoms with Crippen LogP contribution in [0.2, 0.25) is 0 Å². The van der Waals surface area contributed by atoms with E-state index in [2.05, 4.69) is 0 Å². The Bertz CT molecular complexity index is 24.9. The Balaban J connectivity index is -0.0000000800. The van der Waals surface area contributed by atoms with Crippen LogP contribution in [0.15, 0.2) is 0 Å². The van der Waals surface area contributed by atoms with Gasteiger partial charge in [0.15, 0.2) is 0 Å². The molecule has 7 heavy (non-hydrogen) atoms. The molecule has 0 aliphatic carbocycles. The second-order valence-corrected chi connectivity index (χ2v) is 0.838. The molecular formula is C3H6Li2O2. The summed E-state index contributed by atoms with van der Waals surface area (Å²) in [4.78, 5) is 0. The molecule has 0 saturated heterocycles. The van der Waals surface area contributed by atoms with Gasteiger partial charge in [-0.15, -0.1) is 0 Å². The number of hydrogen-bond donors (Lipinski definition) is 0.